The van der Waals surface area contributed by atoms with Crippen molar-refractivity contribution in [2.75, 3.05) is 0 Å². The van der Waals surface area contributed by atoms with Gasteiger partial charge in [0.2, 0.25) is 0 Å². The second-order valence-corrected chi connectivity index (χ2v) is 9.32. The molecule has 0 fully saturated rings. The van der Waals surface area contributed by atoms with E-state index in [1.165, 1.54) is 22.0 Å². The van der Waals surface area contributed by atoms with E-state index >= 15 is 0 Å². The number of hydrogen-bond donors (Lipinski definition) is 0. The molecule has 0 amide bonds. The summed E-state index contributed by atoms with van der Waals surface area (Å²) in [4.78, 5) is 0. The Morgan fingerprint density at radius 1 is 0.632 bits per heavy atom. The molecule has 0 saturated heterocycles. The molecule has 0 nitrogen and oxygen atoms in total. The molecule has 1 aromatic carbocycles. The first-order chi connectivity index (χ1) is 8.26. The van der Waals surface area contributed by atoms with Gasteiger partial charge in [0.05, 0.1) is 0 Å². The van der Waals surface area contributed by atoms with Crippen LogP contribution in [0.5, 0.6) is 0 Å². The van der Waals surface area contributed by atoms with Gasteiger partial charge in [-0.25, -0.2) is 0 Å². The summed E-state index contributed by atoms with van der Waals surface area (Å²) in [5.74, 6) is 0. The predicted octanol–water partition coefficient (Wildman–Crippen LogP) is 5.08. The van der Waals surface area contributed by atoms with Crippen LogP contribution in [-0.2, 0) is 16.2 Å². The Kier molecular flexibility index (Phi) is 4.29. The van der Waals surface area contributed by atoms with Gasteiger partial charge in [0.25, 0.3) is 0 Å². The van der Waals surface area contributed by atoms with Crippen LogP contribution >= 0.6 is 9.24 Å². The molecular formula is C18H31P. The minimum absolute atomic E-state index is 0.164. The molecule has 0 heterocycles. The zero-order valence-corrected chi connectivity index (χ0v) is 15.4. The van der Waals surface area contributed by atoms with Crippen molar-refractivity contribution in [2.24, 2.45) is 0 Å². The van der Waals surface area contributed by atoms with Crippen molar-refractivity contribution in [2.45, 2.75) is 78.6 Å². The molecule has 19 heavy (non-hydrogen) atoms. The van der Waals surface area contributed by atoms with Crippen LogP contribution < -0.4 is 5.30 Å². The summed E-state index contributed by atoms with van der Waals surface area (Å²) in [7, 11) is 2.93. The topological polar surface area (TPSA) is 0 Å². The van der Waals surface area contributed by atoms with Crippen molar-refractivity contribution in [3.63, 3.8) is 0 Å². The summed E-state index contributed by atoms with van der Waals surface area (Å²) in [5, 5.41) is 1.34. The van der Waals surface area contributed by atoms with E-state index in [-0.39, 0.29) is 16.2 Å². The summed E-state index contributed by atoms with van der Waals surface area (Å²) in [5.41, 5.74) is 5.02. The number of benzene rings is 1. The quantitative estimate of drug-likeness (QED) is 0.581. The summed E-state index contributed by atoms with van der Waals surface area (Å²) in [6.07, 6.45) is 0. The largest absolute Gasteiger partial charge is 0.105 e. The molecule has 0 bridgehead atoms. The SMILES string of the molecule is CC(C)(C)c1ccc(P)c(C(C)(C)C)c1C(C)(C)C. The van der Waals surface area contributed by atoms with Gasteiger partial charge in [-0.15, -0.1) is 9.24 Å². The van der Waals surface area contributed by atoms with Crippen LogP contribution in [0.25, 0.3) is 0 Å². The lowest BCUT2D eigenvalue weighted by Gasteiger charge is -2.37. The third kappa shape index (κ3) is 3.60. The van der Waals surface area contributed by atoms with E-state index in [1.54, 1.807) is 0 Å². The van der Waals surface area contributed by atoms with Gasteiger partial charge in [0.1, 0.15) is 0 Å². The van der Waals surface area contributed by atoms with Crippen LogP contribution in [-0.4, -0.2) is 0 Å². The highest BCUT2D eigenvalue weighted by molar-refractivity contribution is 7.27. The molecular weight excluding hydrogens is 247 g/mol. The smallest absolute Gasteiger partial charge is 0.0123 e. The fourth-order valence-corrected chi connectivity index (χ4v) is 3.50. The second kappa shape index (κ2) is 4.88. The fourth-order valence-electron chi connectivity index (χ4n) is 2.83. The van der Waals surface area contributed by atoms with Crippen molar-refractivity contribution in [3.05, 3.63) is 28.8 Å². The molecule has 0 aliphatic heterocycles. The molecule has 1 unspecified atom stereocenters. The molecule has 1 aromatic rings. The van der Waals surface area contributed by atoms with E-state index in [0.29, 0.717) is 0 Å². The standard InChI is InChI=1S/C18H31P/c1-16(2,3)12-10-11-13(19)15(18(7,8)9)14(12)17(4,5)6/h10-11H,19H2,1-9H3. The van der Waals surface area contributed by atoms with Crippen molar-refractivity contribution >= 4 is 14.5 Å². The molecule has 0 aliphatic carbocycles. The molecule has 108 valence electrons. The van der Waals surface area contributed by atoms with Crippen LogP contribution in [0.2, 0.25) is 0 Å². The summed E-state index contributed by atoms with van der Waals surface area (Å²) < 4.78 is 0. The van der Waals surface area contributed by atoms with E-state index in [1.807, 2.05) is 0 Å². The van der Waals surface area contributed by atoms with Crippen LogP contribution in [0, 0.1) is 0 Å². The van der Waals surface area contributed by atoms with Gasteiger partial charge < -0.3 is 0 Å². The minimum atomic E-state index is 0.164. The van der Waals surface area contributed by atoms with E-state index in [9.17, 15) is 0 Å². The van der Waals surface area contributed by atoms with E-state index in [0.717, 1.165) is 0 Å². The highest BCUT2D eigenvalue weighted by atomic mass is 31.0. The Labute approximate surface area is 122 Å². The minimum Gasteiger partial charge on any atom is -0.105 e. The van der Waals surface area contributed by atoms with Crippen molar-refractivity contribution in [1.82, 2.24) is 0 Å². The summed E-state index contributed by atoms with van der Waals surface area (Å²) in [6, 6.07) is 4.58. The Morgan fingerprint density at radius 2 is 1.05 bits per heavy atom. The Balaban J connectivity index is 3.82. The Bertz CT molecular complexity index is 462. The molecule has 0 N–H and O–H groups in total. The summed E-state index contributed by atoms with van der Waals surface area (Å²) in [6.45, 7) is 20.9. The number of hydrogen-bond acceptors (Lipinski definition) is 0. The van der Waals surface area contributed by atoms with Crippen LogP contribution in [0.4, 0.5) is 0 Å². The lowest BCUT2D eigenvalue weighted by molar-refractivity contribution is 0.500. The maximum Gasteiger partial charge on any atom is -0.0123 e. The van der Waals surface area contributed by atoms with Crippen molar-refractivity contribution in [1.29, 1.82) is 0 Å². The van der Waals surface area contributed by atoms with Crippen molar-refractivity contribution < 1.29 is 0 Å². The maximum atomic E-state index is 2.93. The molecule has 1 rings (SSSR count). The highest BCUT2D eigenvalue weighted by Crippen LogP contribution is 2.40. The average molecular weight is 278 g/mol. The first kappa shape index (κ1) is 16.7. The van der Waals surface area contributed by atoms with Crippen LogP contribution in [0.15, 0.2) is 12.1 Å². The second-order valence-electron chi connectivity index (χ2n) is 8.70. The average Bonchev–Trinajstić information content (AvgIpc) is 2.11. The van der Waals surface area contributed by atoms with Gasteiger partial charge in [-0.2, -0.15) is 0 Å². The Morgan fingerprint density at radius 3 is 1.37 bits per heavy atom. The zero-order valence-electron chi connectivity index (χ0n) is 14.2. The monoisotopic (exact) mass is 278 g/mol. The molecule has 0 aliphatic rings. The van der Waals surface area contributed by atoms with Gasteiger partial charge in [-0.05, 0) is 38.2 Å². The Hall–Kier alpha value is -0.350. The highest BCUT2D eigenvalue weighted by Gasteiger charge is 2.32. The van der Waals surface area contributed by atoms with Gasteiger partial charge in [-0.3, -0.25) is 0 Å². The summed E-state index contributed by atoms with van der Waals surface area (Å²) >= 11 is 0. The molecule has 0 saturated carbocycles. The molecule has 0 spiro atoms. The van der Waals surface area contributed by atoms with E-state index < -0.39 is 0 Å². The molecule has 1 atom stereocenters. The van der Waals surface area contributed by atoms with E-state index in [2.05, 4.69) is 83.7 Å². The molecule has 0 radical (unpaired) electrons. The van der Waals surface area contributed by atoms with Gasteiger partial charge in [-0.1, -0.05) is 74.4 Å². The normalized spacial score (nSPS) is 13.8. The maximum absolute atomic E-state index is 2.93. The first-order valence-corrected chi connectivity index (χ1v) is 7.78. The lowest BCUT2D eigenvalue weighted by Crippen LogP contribution is -2.31. The van der Waals surface area contributed by atoms with Crippen LogP contribution in [0.3, 0.4) is 0 Å². The molecule has 0 aromatic heterocycles. The zero-order chi connectivity index (χ0) is 15.2. The van der Waals surface area contributed by atoms with E-state index in [4.69, 9.17) is 0 Å². The van der Waals surface area contributed by atoms with Crippen LogP contribution in [0.1, 0.15) is 79.0 Å². The molecule has 1 heteroatoms. The third-order valence-electron chi connectivity index (χ3n) is 3.55. The number of rotatable bonds is 0. The van der Waals surface area contributed by atoms with Gasteiger partial charge >= 0.3 is 0 Å². The fraction of sp³-hybridized carbons (Fsp3) is 0.667. The predicted molar refractivity (Wildman–Crippen MR) is 91.9 cm³/mol. The van der Waals surface area contributed by atoms with Gasteiger partial charge in [0.15, 0.2) is 0 Å². The van der Waals surface area contributed by atoms with Gasteiger partial charge in [0, 0.05) is 0 Å². The third-order valence-corrected chi connectivity index (χ3v) is 4.03. The van der Waals surface area contributed by atoms with Crippen molar-refractivity contribution in [3.8, 4) is 0 Å². The first-order valence-electron chi connectivity index (χ1n) is 7.20. The lowest BCUT2D eigenvalue weighted by atomic mass is 9.69.